The van der Waals surface area contributed by atoms with Gasteiger partial charge in [0, 0.05) is 18.3 Å². The van der Waals surface area contributed by atoms with E-state index in [9.17, 15) is 23.1 Å². The largest absolute Gasteiger partial charge is 0.507 e. The minimum Gasteiger partial charge on any atom is -0.507 e. The predicted molar refractivity (Wildman–Crippen MR) is 167 cm³/mol. The Labute approximate surface area is 255 Å². The summed E-state index contributed by atoms with van der Waals surface area (Å²) in [5, 5.41) is 15.4. The number of halogens is 4. The van der Waals surface area contributed by atoms with Crippen molar-refractivity contribution < 1.29 is 23.1 Å². The number of aromatic hydroxyl groups is 1. The highest BCUT2D eigenvalue weighted by atomic mass is 79.9. The number of benzene rings is 3. The third kappa shape index (κ3) is 7.32. The standard InChI is InChI=1S/C33H28BrF3N4O2/c1-20(23-14-15-28-31(26(34)19-38-28)40-29(17-23)24-6-2-5-9-30(24)42)16-21-10-12-22(13-11-21)18-39-32(43)41-27-8-4-3-7-25(27)33(35,36)37/h2-15,17,19-20,28,42H,16,18H2,1H3,(H2,39,41,43)/b15-14+,23-17+,40-29?. The van der Waals surface area contributed by atoms with E-state index in [-0.39, 0.29) is 29.9 Å². The van der Waals surface area contributed by atoms with E-state index in [1.165, 1.54) is 18.2 Å². The molecule has 2 aliphatic heterocycles. The summed E-state index contributed by atoms with van der Waals surface area (Å²) in [6.07, 6.45) is 3.95. The first-order chi connectivity index (χ1) is 20.6. The summed E-state index contributed by atoms with van der Waals surface area (Å²) >= 11 is 3.54. The van der Waals surface area contributed by atoms with Gasteiger partial charge in [-0.3, -0.25) is 4.99 Å². The Morgan fingerprint density at radius 2 is 1.72 bits per heavy atom. The maximum absolute atomic E-state index is 13.2. The average molecular weight is 650 g/mol. The fourth-order valence-electron chi connectivity index (χ4n) is 4.84. The van der Waals surface area contributed by atoms with E-state index in [4.69, 9.17) is 4.99 Å². The van der Waals surface area contributed by atoms with Crippen LogP contribution in [0.2, 0.25) is 0 Å². The zero-order valence-corrected chi connectivity index (χ0v) is 24.7. The normalized spacial score (nSPS) is 19.0. The number of alkyl halides is 3. The number of fused-ring (bicyclic) bond motifs is 1. The number of para-hydroxylation sites is 2. The highest BCUT2D eigenvalue weighted by Crippen LogP contribution is 2.35. The molecule has 2 amide bonds. The predicted octanol–water partition coefficient (Wildman–Crippen LogP) is 7.96. The molecule has 0 spiro atoms. The molecule has 43 heavy (non-hydrogen) atoms. The van der Waals surface area contributed by atoms with Crippen LogP contribution in [-0.4, -0.2) is 29.1 Å². The molecule has 0 aromatic heterocycles. The van der Waals surface area contributed by atoms with Crippen LogP contribution in [0.5, 0.6) is 5.75 Å². The Morgan fingerprint density at radius 3 is 2.47 bits per heavy atom. The molecular weight excluding hydrogens is 621 g/mol. The van der Waals surface area contributed by atoms with Crippen molar-refractivity contribution in [2.24, 2.45) is 15.9 Å². The number of aliphatic imine (C=N–C) groups is 2. The van der Waals surface area contributed by atoms with E-state index in [0.717, 1.165) is 32.9 Å². The minimum absolute atomic E-state index is 0.0927. The highest BCUT2D eigenvalue weighted by molar-refractivity contribution is 9.12. The molecule has 2 atom stereocenters. The van der Waals surface area contributed by atoms with Crippen LogP contribution in [0.4, 0.5) is 23.7 Å². The van der Waals surface area contributed by atoms with E-state index in [1.807, 2.05) is 48.6 Å². The lowest BCUT2D eigenvalue weighted by molar-refractivity contribution is -0.136. The molecule has 2 aliphatic rings. The third-order valence-electron chi connectivity index (χ3n) is 7.14. The zero-order valence-electron chi connectivity index (χ0n) is 23.1. The minimum atomic E-state index is -4.57. The van der Waals surface area contributed by atoms with Gasteiger partial charge in [-0.25, -0.2) is 9.79 Å². The third-order valence-corrected chi connectivity index (χ3v) is 7.75. The number of allylic oxidation sites excluding steroid dienone is 4. The lowest BCUT2D eigenvalue weighted by Gasteiger charge is -2.18. The zero-order chi connectivity index (χ0) is 30.6. The molecule has 5 rings (SSSR count). The number of nitrogens with one attached hydrogen (secondary N) is 2. The number of hydrogen-bond acceptors (Lipinski definition) is 4. The Balaban J connectivity index is 1.26. The Bertz CT molecular complexity index is 1670. The molecule has 0 bridgehead atoms. The monoisotopic (exact) mass is 648 g/mol. The smallest absolute Gasteiger partial charge is 0.418 e. The first-order valence-corrected chi connectivity index (χ1v) is 14.4. The van der Waals surface area contributed by atoms with Crippen LogP contribution >= 0.6 is 15.9 Å². The number of anilines is 1. The Hall–Kier alpha value is -4.44. The van der Waals surface area contributed by atoms with Gasteiger partial charge in [-0.1, -0.05) is 67.6 Å². The Morgan fingerprint density at radius 1 is 1.02 bits per heavy atom. The molecular formula is C33H28BrF3N4O2. The number of carbonyl (C=O) groups excluding carboxylic acids is 1. The van der Waals surface area contributed by atoms with Crippen molar-refractivity contribution in [3.05, 3.63) is 129 Å². The molecule has 10 heteroatoms. The van der Waals surface area contributed by atoms with E-state index in [0.29, 0.717) is 17.7 Å². The molecule has 3 aromatic carbocycles. The van der Waals surface area contributed by atoms with E-state index < -0.39 is 17.8 Å². The molecule has 2 heterocycles. The van der Waals surface area contributed by atoms with Crippen molar-refractivity contribution in [3.63, 3.8) is 0 Å². The topological polar surface area (TPSA) is 86.1 Å². The van der Waals surface area contributed by atoms with Crippen molar-refractivity contribution in [2.75, 3.05) is 5.32 Å². The van der Waals surface area contributed by atoms with Gasteiger partial charge in [0.25, 0.3) is 0 Å². The average Bonchev–Trinajstić information content (AvgIpc) is 3.30. The number of phenols is 1. The van der Waals surface area contributed by atoms with Crippen molar-refractivity contribution in [3.8, 4) is 5.75 Å². The fraction of sp³-hybridized carbons (Fsp3) is 0.182. The number of amides is 2. The number of rotatable bonds is 7. The lowest BCUT2D eigenvalue weighted by Crippen LogP contribution is -2.29. The maximum Gasteiger partial charge on any atom is 0.418 e. The number of phenolic OH excluding ortho intramolecular Hbond substituents is 1. The van der Waals surface area contributed by atoms with Crippen molar-refractivity contribution in [1.29, 1.82) is 0 Å². The Kier molecular flexibility index (Phi) is 8.96. The van der Waals surface area contributed by atoms with Crippen molar-refractivity contribution in [1.82, 2.24) is 5.32 Å². The van der Waals surface area contributed by atoms with Crippen LogP contribution in [0.25, 0.3) is 0 Å². The van der Waals surface area contributed by atoms with Crippen LogP contribution in [0.3, 0.4) is 0 Å². The number of hydrogen-bond donors (Lipinski definition) is 3. The van der Waals surface area contributed by atoms with E-state index in [1.54, 1.807) is 18.3 Å². The van der Waals surface area contributed by atoms with Gasteiger partial charge in [-0.15, -0.1) is 0 Å². The van der Waals surface area contributed by atoms with Crippen LogP contribution < -0.4 is 10.6 Å². The van der Waals surface area contributed by atoms with Crippen LogP contribution in [0.1, 0.15) is 29.2 Å². The molecule has 0 fully saturated rings. The van der Waals surface area contributed by atoms with Gasteiger partial charge in [0.2, 0.25) is 0 Å². The molecule has 3 N–H and O–H groups in total. The van der Waals surface area contributed by atoms with Crippen LogP contribution in [0, 0.1) is 5.92 Å². The summed E-state index contributed by atoms with van der Waals surface area (Å²) in [6.45, 7) is 2.26. The summed E-state index contributed by atoms with van der Waals surface area (Å²) in [6, 6.07) is 18.7. The first-order valence-electron chi connectivity index (χ1n) is 13.6. The summed E-state index contributed by atoms with van der Waals surface area (Å²) in [4.78, 5) is 21.7. The molecule has 0 aliphatic carbocycles. The summed E-state index contributed by atoms with van der Waals surface area (Å²) < 4.78 is 40.4. The van der Waals surface area contributed by atoms with E-state index >= 15 is 0 Å². The summed E-state index contributed by atoms with van der Waals surface area (Å²) in [5.41, 5.74) is 3.74. The van der Waals surface area contributed by atoms with Gasteiger partial charge >= 0.3 is 12.2 Å². The SMILES string of the molecule is CC(Cc1ccc(CNC(=O)Nc2ccccc2C(F)(F)F)cc1)C1=C/C(c2ccccc2O)=NC2=C(Br)C=NC2\C=C\1. The fourth-order valence-corrected chi connectivity index (χ4v) is 5.28. The first kappa shape index (κ1) is 30.0. The van der Waals surface area contributed by atoms with Crippen LogP contribution in [-0.2, 0) is 19.1 Å². The number of carbonyl (C=O) groups is 1. The summed E-state index contributed by atoms with van der Waals surface area (Å²) in [5.74, 6) is 0.235. The van der Waals surface area contributed by atoms with Gasteiger partial charge in [0.15, 0.2) is 0 Å². The van der Waals surface area contributed by atoms with Gasteiger partial charge in [-0.2, -0.15) is 13.2 Å². The molecule has 6 nitrogen and oxygen atoms in total. The van der Waals surface area contributed by atoms with Crippen molar-refractivity contribution in [2.45, 2.75) is 32.1 Å². The van der Waals surface area contributed by atoms with Gasteiger partial charge in [0.05, 0.1) is 27.1 Å². The van der Waals surface area contributed by atoms with E-state index in [2.05, 4.69) is 44.6 Å². The van der Waals surface area contributed by atoms with Crippen LogP contribution in [0.15, 0.2) is 117 Å². The highest BCUT2D eigenvalue weighted by Gasteiger charge is 2.33. The molecule has 0 saturated heterocycles. The van der Waals surface area contributed by atoms with Gasteiger partial charge in [-0.05, 0) is 75.3 Å². The second kappa shape index (κ2) is 12.8. The number of nitrogens with zero attached hydrogens (tertiary/aromatic N) is 2. The number of urea groups is 1. The molecule has 2 unspecified atom stereocenters. The second-order valence-corrected chi connectivity index (χ2v) is 11.1. The van der Waals surface area contributed by atoms with Crippen molar-refractivity contribution >= 4 is 39.6 Å². The molecule has 0 radical (unpaired) electrons. The lowest BCUT2D eigenvalue weighted by atomic mass is 9.90. The summed E-state index contributed by atoms with van der Waals surface area (Å²) in [7, 11) is 0. The van der Waals surface area contributed by atoms with Gasteiger partial charge < -0.3 is 15.7 Å². The molecule has 3 aromatic rings. The molecule has 220 valence electrons. The second-order valence-electron chi connectivity index (χ2n) is 10.2. The van der Waals surface area contributed by atoms with Gasteiger partial charge in [0.1, 0.15) is 11.8 Å². The quantitative estimate of drug-likeness (QED) is 0.243. The molecule has 0 saturated carbocycles. The maximum atomic E-state index is 13.2.